The molecular formula is C13H21ClN2O2S. The summed E-state index contributed by atoms with van der Waals surface area (Å²) >= 11 is 5.96. The number of benzene rings is 1. The zero-order chi connectivity index (χ0) is 14.5. The van der Waals surface area contributed by atoms with Crippen molar-refractivity contribution in [3.8, 4) is 0 Å². The van der Waals surface area contributed by atoms with E-state index in [1.165, 1.54) is 0 Å². The van der Waals surface area contributed by atoms with E-state index in [9.17, 15) is 8.42 Å². The lowest BCUT2D eigenvalue weighted by Gasteiger charge is -2.10. The maximum absolute atomic E-state index is 11.9. The number of aryl methyl sites for hydroxylation is 1. The van der Waals surface area contributed by atoms with Crippen LogP contribution in [0.1, 0.15) is 25.8 Å². The third kappa shape index (κ3) is 6.27. The van der Waals surface area contributed by atoms with Crippen LogP contribution in [-0.4, -0.2) is 26.8 Å². The molecule has 4 nitrogen and oxygen atoms in total. The molecule has 0 amide bonds. The summed E-state index contributed by atoms with van der Waals surface area (Å²) < 4.78 is 26.3. The van der Waals surface area contributed by atoms with E-state index in [1.54, 1.807) is 18.2 Å². The van der Waals surface area contributed by atoms with Crippen molar-refractivity contribution in [2.45, 2.75) is 33.2 Å². The molecule has 108 valence electrons. The van der Waals surface area contributed by atoms with E-state index in [-0.39, 0.29) is 5.75 Å². The zero-order valence-corrected chi connectivity index (χ0v) is 13.1. The lowest BCUT2D eigenvalue weighted by atomic mass is 10.2. The van der Waals surface area contributed by atoms with Crippen LogP contribution in [0.25, 0.3) is 0 Å². The third-order valence-corrected chi connectivity index (χ3v) is 4.37. The Morgan fingerprint density at radius 2 is 2.00 bits per heavy atom. The summed E-state index contributed by atoms with van der Waals surface area (Å²) in [5.41, 5.74) is 1.43. The van der Waals surface area contributed by atoms with E-state index < -0.39 is 10.0 Å². The van der Waals surface area contributed by atoms with Crippen LogP contribution in [-0.2, 0) is 10.0 Å². The lowest BCUT2D eigenvalue weighted by Crippen LogP contribution is -2.26. The van der Waals surface area contributed by atoms with Crippen LogP contribution in [0, 0.1) is 6.92 Å². The maximum atomic E-state index is 11.9. The van der Waals surface area contributed by atoms with Crippen molar-refractivity contribution in [2.24, 2.45) is 0 Å². The molecule has 0 aliphatic heterocycles. The minimum Gasteiger partial charge on any atom is -0.314 e. The molecule has 0 saturated heterocycles. The Morgan fingerprint density at radius 1 is 1.32 bits per heavy atom. The molecule has 0 aliphatic carbocycles. The molecule has 1 aromatic carbocycles. The van der Waals surface area contributed by atoms with Gasteiger partial charge >= 0.3 is 0 Å². The Hall–Kier alpha value is -0.780. The number of nitrogens with one attached hydrogen (secondary N) is 2. The Balaban J connectivity index is 2.52. The Morgan fingerprint density at radius 3 is 2.58 bits per heavy atom. The van der Waals surface area contributed by atoms with Gasteiger partial charge in [0, 0.05) is 16.8 Å². The molecule has 0 aliphatic rings. The number of sulfonamides is 1. The van der Waals surface area contributed by atoms with Crippen LogP contribution < -0.4 is 10.0 Å². The fraction of sp³-hybridized carbons (Fsp3) is 0.538. The van der Waals surface area contributed by atoms with Crippen LogP contribution in [0.15, 0.2) is 18.2 Å². The number of hydrogen-bond donors (Lipinski definition) is 2. The van der Waals surface area contributed by atoms with E-state index in [2.05, 4.69) is 10.0 Å². The van der Waals surface area contributed by atoms with Gasteiger partial charge in [-0.05, 0) is 37.6 Å². The first-order valence-electron chi connectivity index (χ1n) is 6.30. The standard InChI is InChI=1S/C13H21ClN2O2S/c1-10(2)15-7-4-8-19(17,18)16-12-6-5-11(3)13(14)9-12/h5-6,9-10,15-16H,4,7-8H2,1-3H3. The molecule has 0 radical (unpaired) electrons. The minimum atomic E-state index is -3.31. The predicted molar refractivity (Wildman–Crippen MR) is 81.4 cm³/mol. The number of hydrogen-bond acceptors (Lipinski definition) is 3. The average molecular weight is 305 g/mol. The summed E-state index contributed by atoms with van der Waals surface area (Å²) in [6.07, 6.45) is 0.576. The molecule has 0 saturated carbocycles. The molecule has 0 unspecified atom stereocenters. The molecule has 0 aromatic heterocycles. The molecule has 1 aromatic rings. The monoisotopic (exact) mass is 304 g/mol. The second-order valence-electron chi connectivity index (χ2n) is 4.85. The summed E-state index contributed by atoms with van der Waals surface area (Å²) in [6, 6.07) is 5.50. The Bertz CT molecular complexity index is 515. The van der Waals surface area contributed by atoms with Gasteiger partial charge in [-0.3, -0.25) is 4.72 Å². The molecule has 19 heavy (non-hydrogen) atoms. The molecule has 0 spiro atoms. The SMILES string of the molecule is Cc1ccc(NS(=O)(=O)CCCNC(C)C)cc1Cl. The molecule has 2 N–H and O–H groups in total. The van der Waals surface area contributed by atoms with Crippen LogP contribution in [0.2, 0.25) is 5.02 Å². The van der Waals surface area contributed by atoms with Gasteiger partial charge in [0.15, 0.2) is 0 Å². The molecule has 1 rings (SSSR count). The van der Waals surface area contributed by atoms with Gasteiger partial charge in [-0.1, -0.05) is 31.5 Å². The van der Waals surface area contributed by atoms with Crippen molar-refractivity contribution in [3.05, 3.63) is 28.8 Å². The zero-order valence-electron chi connectivity index (χ0n) is 11.5. The summed E-state index contributed by atoms with van der Waals surface area (Å²) in [6.45, 7) is 6.62. The third-order valence-electron chi connectivity index (χ3n) is 2.59. The van der Waals surface area contributed by atoms with E-state index in [0.29, 0.717) is 29.7 Å². The first-order valence-corrected chi connectivity index (χ1v) is 8.33. The Labute approximate surface area is 120 Å². The molecule has 0 heterocycles. The number of halogens is 1. The quantitative estimate of drug-likeness (QED) is 0.762. The molecule has 0 atom stereocenters. The van der Waals surface area contributed by atoms with E-state index in [4.69, 9.17) is 11.6 Å². The van der Waals surface area contributed by atoms with Gasteiger partial charge in [-0.15, -0.1) is 0 Å². The van der Waals surface area contributed by atoms with Crippen molar-refractivity contribution >= 4 is 27.3 Å². The fourth-order valence-corrected chi connectivity index (χ4v) is 2.83. The van der Waals surface area contributed by atoms with Gasteiger partial charge in [0.2, 0.25) is 10.0 Å². The first-order chi connectivity index (χ1) is 8.80. The molecule has 0 bridgehead atoms. The van der Waals surface area contributed by atoms with Crippen molar-refractivity contribution in [2.75, 3.05) is 17.0 Å². The van der Waals surface area contributed by atoms with Gasteiger partial charge in [-0.2, -0.15) is 0 Å². The smallest absolute Gasteiger partial charge is 0.232 e. The highest BCUT2D eigenvalue weighted by molar-refractivity contribution is 7.92. The summed E-state index contributed by atoms with van der Waals surface area (Å²) in [7, 11) is -3.31. The fourth-order valence-electron chi connectivity index (χ4n) is 1.54. The number of anilines is 1. The van der Waals surface area contributed by atoms with Crippen LogP contribution in [0.4, 0.5) is 5.69 Å². The average Bonchev–Trinajstić information content (AvgIpc) is 2.29. The topological polar surface area (TPSA) is 58.2 Å². The van der Waals surface area contributed by atoms with E-state index in [1.807, 2.05) is 20.8 Å². The van der Waals surface area contributed by atoms with Crippen molar-refractivity contribution < 1.29 is 8.42 Å². The number of rotatable bonds is 7. The second kappa shape index (κ2) is 7.12. The largest absolute Gasteiger partial charge is 0.314 e. The summed E-state index contributed by atoms with van der Waals surface area (Å²) in [4.78, 5) is 0. The van der Waals surface area contributed by atoms with Crippen molar-refractivity contribution in [1.29, 1.82) is 0 Å². The minimum absolute atomic E-state index is 0.0955. The van der Waals surface area contributed by atoms with E-state index in [0.717, 1.165) is 5.56 Å². The molecular weight excluding hydrogens is 284 g/mol. The van der Waals surface area contributed by atoms with Crippen LogP contribution >= 0.6 is 11.6 Å². The van der Waals surface area contributed by atoms with E-state index >= 15 is 0 Å². The highest BCUT2D eigenvalue weighted by atomic mass is 35.5. The highest BCUT2D eigenvalue weighted by Gasteiger charge is 2.10. The summed E-state index contributed by atoms with van der Waals surface area (Å²) in [5, 5.41) is 3.74. The Kier molecular flexibility index (Phi) is 6.10. The lowest BCUT2D eigenvalue weighted by molar-refractivity contribution is 0.571. The molecule has 0 fully saturated rings. The maximum Gasteiger partial charge on any atom is 0.232 e. The van der Waals surface area contributed by atoms with Crippen LogP contribution in [0.3, 0.4) is 0 Å². The summed E-state index contributed by atoms with van der Waals surface area (Å²) in [5.74, 6) is 0.0955. The van der Waals surface area contributed by atoms with Gasteiger partial charge in [0.05, 0.1) is 5.75 Å². The normalized spacial score (nSPS) is 11.8. The van der Waals surface area contributed by atoms with Gasteiger partial charge in [-0.25, -0.2) is 8.42 Å². The van der Waals surface area contributed by atoms with Crippen molar-refractivity contribution in [1.82, 2.24) is 5.32 Å². The van der Waals surface area contributed by atoms with Gasteiger partial charge in [0.25, 0.3) is 0 Å². The second-order valence-corrected chi connectivity index (χ2v) is 7.10. The predicted octanol–water partition coefficient (Wildman–Crippen LogP) is 2.78. The highest BCUT2D eigenvalue weighted by Crippen LogP contribution is 2.20. The van der Waals surface area contributed by atoms with Gasteiger partial charge in [0.1, 0.15) is 0 Å². The first kappa shape index (κ1) is 16.3. The van der Waals surface area contributed by atoms with Crippen molar-refractivity contribution in [3.63, 3.8) is 0 Å². The molecule has 6 heteroatoms. The van der Waals surface area contributed by atoms with Gasteiger partial charge < -0.3 is 5.32 Å². The van der Waals surface area contributed by atoms with Crippen LogP contribution in [0.5, 0.6) is 0 Å².